The van der Waals surface area contributed by atoms with Crippen LogP contribution in [0.2, 0.25) is 0 Å². The maximum absolute atomic E-state index is 3.68. The number of hydrogen-bond donors (Lipinski definition) is 1. The van der Waals surface area contributed by atoms with Gasteiger partial charge < -0.3 is 5.32 Å². The molecule has 0 heterocycles. The van der Waals surface area contributed by atoms with Crippen molar-refractivity contribution in [3.63, 3.8) is 0 Å². The predicted octanol–water partition coefficient (Wildman–Crippen LogP) is 4.69. The summed E-state index contributed by atoms with van der Waals surface area (Å²) in [5.41, 5.74) is 1.23. The number of nitrogens with one attached hydrogen (secondary N) is 1. The normalized spacial score (nSPS) is 30.1. The Bertz CT molecular complexity index is 350. The van der Waals surface area contributed by atoms with Crippen molar-refractivity contribution < 1.29 is 0 Å². The molecule has 1 aromatic rings. The van der Waals surface area contributed by atoms with Gasteiger partial charge in [0.2, 0.25) is 0 Å². The molecule has 1 aliphatic rings. The zero-order valence-corrected chi connectivity index (χ0v) is 11.6. The molecule has 1 aliphatic carbocycles. The third-order valence-electron chi connectivity index (χ3n) is 3.92. The van der Waals surface area contributed by atoms with E-state index in [1.165, 1.54) is 29.4 Å². The summed E-state index contributed by atoms with van der Waals surface area (Å²) in [7, 11) is 0. The Labute approximate surface area is 107 Å². The highest BCUT2D eigenvalue weighted by Crippen LogP contribution is 2.33. The molecule has 2 rings (SSSR count). The van der Waals surface area contributed by atoms with Crippen LogP contribution in [0.15, 0.2) is 28.7 Å². The Morgan fingerprint density at radius 1 is 1.19 bits per heavy atom. The summed E-state index contributed by atoms with van der Waals surface area (Å²) < 4.78 is 1.17. The fourth-order valence-electron chi connectivity index (χ4n) is 2.56. The second-order valence-corrected chi connectivity index (χ2v) is 5.85. The molecule has 1 nitrogen and oxygen atoms in total. The fraction of sp³-hybridized carbons (Fsp3) is 0.571. The monoisotopic (exact) mass is 281 g/mol. The van der Waals surface area contributed by atoms with Gasteiger partial charge in [0, 0.05) is 16.2 Å². The van der Waals surface area contributed by atoms with Crippen LogP contribution < -0.4 is 5.32 Å². The lowest BCUT2D eigenvalue weighted by Crippen LogP contribution is -2.35. The molecule has 16 heavy (non-hydrogen) atoms. The van der Waals surface area contributed by atoms with Gasteiger partial charge in [-0.3, -0.25) is 0 Å². The van der Waals surface area contributed by atoms with Crippen molar-refractivity contribution in [1.29, 1.82) is 0 Å². The SMILES string of the molecule is CC1CCCC(Nc2ccccc2Br)C1C. The topological polar surface area (TPSA) is 12.0 Å². The average molecular weight is 282 g/mol. The zero-order valence-electron chi connectivity index (χ0n) is 10.0. The van der Waals surface area contributed by atoms with Crippen LogP contribution in [-0.2, 0) is 0 Å². The van der Waals surface area contributed by atoms with Gasteiger partial charge in [-0.1, -0.05) is 38.8 Å². The highest BCUT2D eigenvalue weighted by atomic mass is 79.9. The maximum Gasteiger partial charge on any atom is 0.0486 e. The Hall–Kier alpha value is -0.500. The van der Waals surface area contributed by atoms with Gasteiger partial charge in [-0.2, -0.15) is 0 Å². The lowest BCUT2D eigenvalue weighted by atomic mass is 9.78. The summed E-state index contributed by atoms with van der Waals surface area (Å²) >= 11 is 3.60. The minimum absolute atomic E-state index is 0.627. The van der Waals surface area contributed by atoms with Crippen molar-refractivity contribution in [2.24, 2.45) is 11.8 Å². The molecule has 1 aromatic carbocycles. The van der Waals surface area contributed by atoms with Crippen molar-refractivity contribution in [3.8, 4) is 0 Å². The van der Waals surface area contributed by atoms with Gasteiger partial charge >= 0.3 is 0 Å². The minimum Gasteiger partial charge on any atom is -0.381 e. The van der Waals surface area contributed by atoms with Crippen LogP contribution >= 0.6 is 15.9 Å². The largest absolute Gasteiger partial charge is 0.381 e. The van der Waals surface area contributed by atoms with E-state index in [-0.39, 0.29) is 0 Å². The smallest absolute Gasteiger partial charge is 0.0486 e. The first-order valence-electron chi connectivity index (χ1n) is 6.19. The standard InChI is InChI=1S/C14H20BrN/c1-10-6-5-9-13(11(10)2)16-14-8-4-3-7-12(14)15/h3-4,7-8,10-11,13,16H,5-6,9H2,1-2H3. The number of benzene rings is 1. The second-order valence-electron chi connectivity index (χ2n) is 5.00. The first-order valence-corrected chi connectivity index (χ1v) is 6.99. The molecule has 88 valence electrons. The Morgan fingerprint density at radius 2 is 1.94 bits per heavy atom. The van der Waals surface area contributed by atoms with Crippen molar-refractivity contribution in [1.82, 2.24) is 0 Å². The Balaban J connectivity index is 2.06. The predicted molar refractivity (Wildman–Crippen MR) is 73.7 cm³/mol. The molecule has 0 saturated heterocycles. The van der Waals surface area contributed by atoms with E-state index >= 15 is 0 Å². The van der Waals surface area contributed by atoms with Gasteiger partial charge in [0.1, 0.15) is 0 Å². The van der Waals surface area contributed by atoms with E-state index in [1.54, 1.807) is 0 Å². The second kappa shape index (κ2) is 5.22. The van der Waals surface area contributed by atoms with Crippen LogP contribution in [0.1, 0.15) is 33.1 Å². The summed E-state index contributed by atoms with van der Waals surface area (Å²) in [4.78, 5) is 0. The van der Waals surface area contributed by atoms with Crippen LogP contribution in [0.25, 0.3) is 0 Å². The van der Waals surface area contributed by atoms with Gasteiger partial charge in [0.15, 0.2) is 0 Å². The number of halogens is 1. The first kappa shape index (κ1) is 12.0. The number of rotatable bonds is 2. The average Bonchev–Trinajstić information content (AvgIpc) is 2.28. The number of para-hydroxylation sites is 1. The summed E-state index contributed by atoms with van der Waals surface area (Å²) in [6.07, 6.45) is 4.04. The van der Waals surface area contributed by atoms with E-state index in [0.717, 1.165) is 11.8 Å². The zero-order chi connectivity index (χ0) is 11.5. The molecule has 0 aliphatic heterocycles. The molecule has 0 aromatic heterocycles. The van der Waals surface area contributed by atoms with E-state index in [4.69, 9.17) is 0 Å². The van der Waals surface area contributed by atoms with Gasteiger partial charge in [0.05, 0.1) is 0 Å². The molecule has 1 saturated carbocycles. The van der Waals surface area contributed by atoms with Gasteiger partial charge in [0.25, 0.3) is 0 Å². The van der Waals surface area contributed by atoms with Crippen LogP contribution in [0.3, 0.4) is 0 Å². The summed E-state index contributed by atoms with van der Waals surface area (Å²) in [5, 5.41) is 3.68. The molecular formula is C14H20BrN. The number of hydrogen-bond acceptors (Lipinski definition) is 1. The lowest BCUT2D eigenvalue weighted by molar-refractivity contribution is 0.253. The highest BCUT2D eigenvalue weighted by Gasteiger charge is 2.26. The van der Waals surface area contributed by atoms with Crippen molar-refractivity contribution in [2.75, 3.05) is 5.32 Å². The first-order chi connectivity index (χ1) is 7.68. The molecule has 2 heteroatoms. The summed E-state index contributed by atoms with van der Waals surface area (Å²) in [5.74, 6) is 1.61. The van der Waals surface area contributed by atoms with Gasteiger partial charge in [-0.05, 0) is 46.3 Å². The molecule has 3 unspecified atom stereocenters. The van der Waals surface area contributed by atoms with E-state index < -0.39 is 0 Å². The Morgan fingerprint density at radius 3 is 2.69 bits per heavy atom. The molecule has 3 atom stereocenters. The van der Waals surface area contributed by atoms with Gasteiger partial charge in [-0.25, -0.2) is 0 Å². The lowest BCUT2D eigenvalue weighted by Gasteiger charge is -2.35. The minimum atomic E-state index is 0.627. The van der Waals surface area contributed by atoms with Gasteiger partial charge in [-0.15, -0.1) is 0 Å². The van der Waals surface area contributed by atoms with Crippen molar-refractivity contribution in [2.45, 2.75) is 39.2 Å². The quantitative estimate of drug-likeness (QED) is 0.830. The fourth-order valence-corrected chi connectivity index (χ4v) is 2.96. The van der Waals surface area contributed by atoms with E-state index in [0.29, 0.717) is 6.04 Å². The molecule has 1 fully saturated rings. The van der Waals surface area contributed by atoms with E-state index in [1.807, 2.05) is 0 Å². The maximum atomic E-state index is 3.68. The van der Waals surface area contributed by atoms with Crippen molar-refractivity contribution in [3.05, 3.63) is 28.7 Å². The van der Waals surface area contributed by atoms with E-state index in [2.05, 4.69) is 59.4 Å². The third kappa shape index (κ3) is 2.60. The van der Waals surface area contributed by atoms with Crippen LogP contribution in [0.4, 0.5) is 5.69 Å². The molecule has 0 amide bonds. The molecule has 0 spiro atoms. The summed E-state index contributed by atoms with van der Waals surface area (Å²) in [6, 6.07) is 9.02. The summed E-state index contributed by atoms with van der Waals surface area (Å²) in [6.45, 7) is 4.75. The third-order valence-corrected chi connectivity index (χ3v) is 4.61. The molecule has 0 radical (unpaired) electrons. The Kier molecular flexibility index (Phi) is 3.91. The van der Waals surface area contributed by atoms with Crippen LogP contribution in [0, 0.1) is 11.8 Å². The molecule has 0 bridgehead atoms. The molecule has 1 N–H and O–H groups in total. The highest BCUT2D eigenvalue weighted by molar-refractivity contribution is 9.10. The van der Waals surface area contributed by atoms with E-state index in [9.17, 15) is 0 Å². The van der Waals surface area contributed by atoms with Crippen molar-refractivity contribution >= 4 is 21.6 Å². The van der Waals surface area contributed by atoms with Crippen LogP contribution in [0.5, 0.6) is 0 Å². The number of anilines is 1. The molecular weight excluding hydrogens is 262 g/mol. The van der Waals surface area contributed by atoms with Crippen LogP contribution in [-0.4, -0.2) is 6.04 Å².